The molecule has 0 unspecified atom stereocenters. The number of nitrogens with two attached hydrogens (primary N) is 1. The van der Waals surface area contributed by atoms with Gasteiger partial charge in [0.1, 0.15) is 11.5 Å². The van der Waals surface area contributed by atoms with Gasteiger partial charge in [0.25, 0.3) is 0 Å². The number of hydrogen-bond donors (Lipinski definition) is 2. The fourth-order valence-corrected chi connectivity index (χ4v) is 2.28. The van der Waals surface area contributed by atoms with Crippen molar-refractivity contribution in [3.05, 3.63) is 5.82 Å². The Morgan fingerprint density at radius 2 is 2.10 bits per heavy atom. The summed E-state index contributed by atoms with van der Waals surface area (Å²) in [6, 6.07) is 0. The van der Waals surface area contributed by atoms with Crippen molar-refractivity contribution in [3.8, 4) is 5.88 Å². The van der Waals surface area contributed by atoms with E-state index >= 15 is 0 Å². The first-order chi connectivity index (χ1) is 10.2. The second-order valence-corrected chi connectivity index (χ2v) is 5.04. The van der Waals surface area contributed by atoms with Gasteiger partial charge in [-0.2, -0.15) is 4.98 Å². The molecule has 0 bridgehead atoms. The van der Waals surface area contributed by atoms with E-state index in [2.05, 4.69) is 27.1 Å². The van der Waals surface area contributed by atoms with Crippen molar-refractivity contribution in [2.45, 2.75) is 19.8 Å². The molecule has 7 nitrogen and oxygen atoms in total. The molecule has 1 aromatic rings. The van der Waals surface area contributed by atoms with E-state index in [4.69, 9.17) is 15.2 Å². The Labute approximate surface area is 125 Å². The Bertz CT molecular complexity index is 449. The van der Waals surface area contributed by atoms with Crippen molar-refractivity contribution in [1.82, 2.24) is 14.9 Å². The zero-order valence-corrected chi connectivity index (χ0v) is 12.9. The fraction of sp³-hybridized carbons (Fsp3) is 0.714. The number of aromatic nitrogens is 2. The molecule has 0 amide bonds. The first-order valence-corrected chi connectivity index (χ1v) is 7.49. The molecule has 0 spiro atoms. The maximum Gasteiger partial charge on any atom is 0.242 e. The first kappa shape index (κ1) is 15.8. The van der Waals surface area contributed by atoms with E-state index in [1.165, 1.54) is 0 Å². The number of rotatable bonds is 7. The normalized spacial score (nSPS) is 15.9. The number of hydrogen-bond acceptors (Lipinski definition) is 7. The standard InChI is InChI=1S/C14H25N5O2/c1-3-4-11-17-13(12(15)14(18-11)20-2)16-5-6-19-7-9-21-10-8-19/h3-10,15H2,1-2H3,(H,16,17,18). The van der Waals surface area contributed by atoms with E-state index < -0.39 is 0 Å². The van der Waals surface area contributed by atoms with Crippen LogP contribution in [-0.2, 0) is 11.2 Å². The van der Waals surface area contributed by atoms with Gasteiger partial charge in [-0.05, 0) is 6.42 Å². The van der Waals surface area contributed by atoms with Crippen LogP contribution in [0.4, 0.5) is 11.5 Å². The van der Waals surface area contributed by atoms with Gasteiger partial charge in [-0.15, -0.1) is 0 Å². The highest BCUT2D eigenvalue weighted by Gasteiger charge is 2.13. The molecule has 3 N–H and O–H groups in total. The lowest BCUT2D eigenvalue weighted by Crippen LogP contribution is -2.39. The van der Waals surface area contributed by atoms with Crippen molar-refractivity contribution >= 4 is 11.5 Å². The Hall–Kier alpha value is -1.60. The second kappa shape index (κ2) is 7.99. The summed E-state index contributed by atoms with van der Waals surface area (Å²) in [6.45, 7) is 7.40. The first-order valence-electron chi connectivity index (χ1n) is 7.49. The Kier molecular flexibility index (Phi) is 6.01. The number of morpholine rings is 1. The van der Waals surface area contributed by atoms with Crippen molar-refractivity contribution in [3.63, 3.8) is 0 Å². The third-order valence-electron chi connectivity index (χ3n) is 3.45. The van der Waals surface area contributed by atoms with E-state index in [0.29, 0.717) is 17.4 Å². The van der Waals surface area contributed by atoms with Crippen LogP contribution in [0.5, 0.6) is 5.88 Å². The predicted molar refractivity (Wildman–Crippen MR) is 82.7 cm³/mol. The monoisotopic (exact) mass is 295 g/mol. The fourth-order valence-electron chi connectivity index (χ4n) is 2.28. The van der Waals surface area contributed by atoms with Crippen molar-refractivity contribution in [2.24, 2.45) is 0 Å². The molecule has 2 heterocycles. The third-order valence-corrected chi connectivity index (χ3v) is 3.45. The van der Waals surface area contributed by atoms with Crippen LogP contribution in [-0.4, -0.2) is 61.4 Å². The largest absolute Gasteiger partial charge is 0.479 e. The summed E-state index contributed by atoms with van der Waals surface area (Å²) in [5.74, 6) is 1.87. The molecule has 0 atom stereocenters. The predicted octanol–water partition coefficient (Wildman–Crippen LogP) is 0.764. The van der Waals surface area contributed by atoms with Crippen molar-refractivity contribution in [1.29, 1.82) is 0 Å². The van der Waals surface area contributed by atoms with Crippen LogP contribution in [0.25, 0.3) is 0 Å². The molecule has 0 radical (unpaired) electrons. The van der Waals surface area contributed by atoms with E-state index in [-0.39, 0.29) is 0 Å². The molecule has 1 fully saturated rings. The van der Waals surface area contributed by atoms with Gasteiger partial charge >= 0.3 is 0 Å². The summed E-state index contributed by atoms with van der Waals surface area (Å²) in [6.07, 6.45) is 1.80. The molecular weight excluding hydrogens is 270 g/mol. The van der Waals surface area contributed by atoms with Gasteiger partial charge < -0.3 is 20.5 Å². The van der Waals surface area contributed by atoms with Gasteiger partial charge in [-0.25, -0.2) is 4.98 Å². The summed E-state index contributed by atoms with van der Waals surface area (Å²) in [5.41, 5.74) is 6.50. The minimum Gasteiger partial charge on any atom is -0.479 e. The number of aryl methyl sites for hydroxylation is 1. The van der Waals surface area contributed by atoms with Crippen LogP contribution in [0.15, 0.2) is 0 Å². The molecule has 21 heavy (non-hydrogen) atoms. The molecule has 1 aliphatic heterocycles. The quantitative estimate of drug-likeness (QED) is 0.768. The van der Waals surface area contributed by atoms with Crippen molar-refractivity contribution < 1.29 is 9.47 Å². The van der Waals surface area contributed by atoms with Crippen LogP contribution in [0.2, 0.25) is 0 Å². The number of ether oxygens (including phenoxy) is 2. The lowest BCUT2D eigenvalue weighted by molar-refractivity contribution is 0.0398. The average Bonchev–Trinajstić information content (AvgIpc) is 2.51. The summed E-state index contributed by atoms with van der Waals surface area (Å²) < 4.78 is 10.6. The van der Waals surface area contributed by atoms with E-state index in [0.717, 1.165) is 58.1 Å². The summed E-state index contributed by atoms with van der Waals surface area (Å²) in [4.78, 5) is 11.2. The molecular formula is C14H25N5O2. The molecule has 1 aromatic heterocycles. The van der Waals surface area contributed by atoms with Crippen LogP contribution in [0.3, 0.4) is 0 Å². The van der Waals surface area contributed by atoms with Crippen LogP contribution < -0.4 is 15.8 Å². The van der Waals surface area contributed by atoms with Crippen LogP contribution in [0, 0.1) is 0 Å². The summed E-state index contributed by atoms with van der Waals surface area (Å²) in [7, 11) is 1.58. The Balaban J connectivity index is 1.95. The Morgan fingerprint density at radius 1 is 1.33 bits per heavy atom. The summed E-state index contributed by atoms with van der Waals surface area (Å²) in [5, 5.41) is 3.30. The van der Waals surface area contributed by atoms with Crippen LogP contribution >= 0.6 is 0 Å². The van der Waals surface area contributed by atoms with Gasteiger partial charge in [-0.1, -0.05) is 6.92 Å². The van der Waals surface area contributed by atoms with Gasteiger partial charge in [0.2, 0.25) is 5.88 Å². The molecule has 118 valence electrons. The highest BCUT2D eigenvalue weighted by Crippen LogP contribution is 2.25. The molecule has 2 rings (SSSR count). The molecule has 7 heteroatoms. The topological polar surface area (TPSA) is 85.5 Å². The van der Waals surface area contributed by atoms with Gasteiger partial charge in [-0.3, -0.25) is 4.90 Å². The van der Waals surface area contributed by atoms with Gasteiger partial charge in [0.15, 0.2) is 5.82 Å². The van der Waals surface area contributed by atoms with Crippen LogP contribution in [0.1, 0.15) is 19.2 Å². The van der Waals surface area contributed by atoms with Gasteiger partial charge in [0, 0.05) is 32.6 Å². The zero-order chi connectivity index (χ0) is 15.1. The highest BCUT2D eigenvalue weighted by atomic mass is 16.5. The molecule has 0 aromatic carbocycles. The lowest BCUT2D eigenvalue weighted by Gasteiger charge is -2.26. The van der Waals surface area contributed by atoms with E-state index in [1.54, 1.807) is 7.11 Å². The molecule has 1 saturated heterocycles. The van der Waals surface area contributed by atoms with Crippen molar-refractivity contribution in [2.75, 3.05) is 57.6 Å². The smallest absolute Gasteiger partial charge is 0.242 e. The molecule has 0 saturated carbocycles. The number of anilines is 2. The highest BCUT2D eigenvalue weighted by molar-refractivity contribution is 5.66. The second-order valence-electron chi connectivity index (χ2n) is 5.04. The maximum absolute atomic E-state index is 6.03. The number of nitrogens with one attached hydrogen (secondary N) is 1. The van der Waals surface area contributed by atoms with Gasteiger partial charge in [0.05, 0.1) is 20.3 Å². The number of methoxy groups -OCH3 is 1. The maximum atomic E-state index is 6.03. The minimum absolute atomic E-state index is 0.447. The Morgan fingerprint density at radius 3 is 2.76 bits per heavy atom. The number of nitrogens with zero attached hydrogens (tertiary/aromatic N) is 3. The average molecular weight is 295 g/mol. The zero-order valence-electron chi connectivity index (χ0n) is 12.9. The van der Waals surface area contributed by atoms with E-state index in [9.17, 15) is 0 Å². The molecule has 1 aliphatic rings. The third kappa shape index (κ3) is 4.44. The van der Waals surface area contributed by atoms with E-state index in [1.807, 2.05) is 0 Å². The minimum atomic E-state index is 0.447. The molecule has 0 aliphatic carbocycles. The number of nitrogen functional groups attached to an aromatic ring is 1. The lowest BCUT2D eigenvalue weighted by atomic mass is 10.3. The SMILES string of the molecule is CCCc1nc(NCCN2CCOCC2)c(N)c(OC)n1. The summed E-state index contributed by atoms with van der Waals surface area (Å²) >= 11 is 0.